The highest BCUT2D eigenvalue weighted by Crippen LogP contribution is 2.44. The topological polar surface area (TPSA) is 53.1 Å². The van der Waals surface area contributed by atoms with E-state index in [4.69, 9.17) is 19.1 Å². The molecule has 0 saturated heterocycles. The van der Waals surface area contributed by atoms with Crippen LogP contribution in [0.2, 0.25) is 0 Å². The van der Waals surface area contributed by atoms with Crippen LogP contribution in [0.1, 0.15) is 33.7 Å². The van der Waals surface area contributed by atoms with Crippen molar-refractivity contribution in [2.24, 2.45) is 0 Å². The first-order chi connectivity index (χ1) is 26.6. The molecule has 4 heterocycles. The summed E-state index contributed by atoms with van der Waals surface area (Å²) in [6, 6.07) is 47.1. The molecule has 0 N–H and O–H groups in total. The maximum atomic E-state index is 6.86. The minimum atomic E-state index is 0.454. The molecule has 54 heavy (non-hydrogen) atoms. The average Bonchev–Trinajstić information content (AvgIpc) is 3.91. The normalized spacial score (nSPS) is 14.1. The summed E-state index contributed by atoms with van der Waals surface area (Å²) in [5, 5.41) is 6.62. The Balaban J connectivity index is 1.07. The van der Waals surface area contributed by atoms with Crippen molar-refractivity contribution in [1.82, 2.24) is 14.5 Å². The Morgan fingerprint density at radius 1 is 0.574 bits per heavy atom. The van der Waals surface area contributed by atoms with Gasteiger partial charge in [-0.25, -0.2) is 4.98 Å². The molecular weight excluding hydrogens is 663 g/mol. The zero-order valence-electron chi connectivity index (χ0n) is 30.0. The number of pyridine rings is 2. The van der Waals surface area contributed by atoms with Gasteiger partial charge < -0.3 is 9.15 Å². The van der Waals surface area contributed by atoms with Crippen molar-refractivity contribution < 1.29 is 9.15 Å². The second-order valence-electron chi connectivity index (χ2n) is 14.7. The van der Waals surface area contributed by atoms with Crippen molar-refractivity contribution in [1.29, 1.82) is 0 Å². The minimum Gasteiger partial charge on any atom is -0.457 e. The fourth-order valence-corrected chi connectivity index (χ4v) is 8.57. The number of hydrogen-bond donors (Lipinski definition) is 0. The van der Waals surface area contributed by atoms with Crippen molar-refractivity contribution in [3.63, 3.8) is 0 Å². The number of benzene rings is 6. The van der Waals surface area contributed by atoms with Crippen LogP contribution in [0.25, 0.3) is 71.6 Å². The van der Waals surface area contributed by atoms with Gasteiger partial charge in [0, 0.05) is 51.0 Å². The molecule has 1 atom stereocenters. The van der Waals surface area contributed by atoms with Crippen LogP contribution in [0.5, 0.6) is 11.5 Å². The second-order valence-corrected chi connectivity index (χ2v) is 14.7. The van der Waals surface area contributed by atoms with Crippen LogP contribution in [0.4, 0.5) is 0 Å². The van der Waals surface area contributed by atoms with Gasteiger partial charge in [0.15, 0.2) is 0 Å². The van der Waals surface area contributed by atoms with Crippen LogP contribution in [0.3, 0.4) is 0 Å². The largest absolute Gasteiger partial charge is 0.457 e. The van der Waals surface area contributed by atoms with Gasteiger partial charge in [-0.15, -0.1) is 0 Å². The Labute approximate surface area is 312 Å². The molecular formula is C49H35N3O2. The van der Waals surface area contributed by atoms with Gasteiger partial charge in [-0.2, -0.15) is 0 Å². The van der Waals surface area contributed by atoms with Crippen molar-refractivity contribution in [2.45, 2.75) is 32.6 Å². The molecule has 258 valence electrons. The number of furan rings is 1. The van der Waals surface area contributed by atoms with E-state index in [2.05, 4.69) is 158 Å². The number of fused-ring (bicyclic) bond motifs is 9. The molecule has 5 nitrogen and oxygen atoms in total. The molecule has 0 aliphatic heterocycles. The number of ether oxygens (including phenoxy) is 1. The molecule has 0 bridgehead atoms. The SMILES string of the molecule is Cc1cnc(-n2c3ccccc3c3ccc(Oc4cc(-c5cc6c(cn5)CC(c5ccccc5)C6)c5oc6c7ccccc7ccc6c5c4)cc32)cc1C. The van der Waals surface area contributed by atoms with E-state index in [0.717, 1.165) is 90.5 Å². The second kappa shape index (κ2) is 11.9. The molecule has 0 spiro atoms. The molecule has 6 aromatic carbocycles. The molecule has 0 fully saturated rings. The van der Waals surface area contributed by atoms with Gasteiger partial charge in [0.2, 0.25) is 0 Å². The van der Waals surface area contributed by atoms with Crippen molar-refractivity contribution in [3.05, 3.63) is 174 Å². The molecule has 1 unspecified atom stereocenters. The zero-order valence-corrected chi connectivity index (χ0v) is 30.0. The van der Waals surface area contributed by atoms with E-state index in [9.17, 15) is 0 Å². The van der Waals surface area contributed by atoms with Gasteiger partial charge in [0.1, 0.15) is 28.5 Å². The first-order valence-corrected chi connectivity index (χ1v) is 18.6. The molecule has 11 rings (SSSR count). The summed E-state index contributed by atoms with van der Waals surface area (Å²) in [6.07, 6.45) is 6.01. The summed E-state index contributed by atoms with van der Waals surface area (Å²) in [5.74, 6) is 2.81. The highest BCUT2D eigenvalue weighted by molar-refractivity contribution is 6.17. The average molecular weight is 698 g/mol. The lowest BCUT2D eigenvalue weighted by atomic mass is 9.96. The van der Waals surface area contributed by atoms with Crippen molar-refractivity contribution in [3.8, 4) is 28.6 Å². The summed E-state index contributed by atoms with van der Waals surface area (Å²) in [4.78, 5) is 9.95. The zero-order chi connectivity index (χ0) is 35.9. The lowest BCUT2D eigenvalue weighted by Crippen LogP contribution is -1.99. The van der Waals surface area contributed by atoms with Gasteiger partial charge in [-0.3, -0.25) is 9.55 Å². The molecule has 10 aromatic rings. The number of hydrogen-bond acceptors (Lipinski definition) is 4. The van der Waals surface area contributed by atoms with Crippen LogP contribution in [0.15, 0.2) is 150 Å². The van der Waals surface area contributed by atoms with Gasteiger partial charge in [0.25, 0.3) is 0 Å². The third-order valence-electron chi connectivity index (χ3n) is 11.5. The Kier molecular flexibility index (Phi) is 6.80. The van der Waals surface area contributed by atoms with Gasteiger partial charge in [-0.05, 0) is 114 Å². The minimum absolute atomic E-state index is 0.454. The van der Waals surface area contributed by atoms with Gasteiger partial charge in [0.05, 0.1) is 16.7 Å². The highest BCUT2D eigenvalue weighted by Gasteiger charge is 2.25. The summed E-state index contributed by atoms with van der Waals surface area (Å²) >= 11 is 0. The molecule has 0 amide bonds. The Morgan fingerprint density at radius 2 is 1.35 bits per heavy atom. The fraction of sp³-hybridized carbons (Fsp3) is 0.102. The molecule has 4 aromatic heterocycles. The first-order valence-electron chi connectivity index (χ1n) is 18.6. The van der Waals surface area contributed by atoms with E-state index in [-0.39, 0.29) is 0 Å². The van der Waals surface area contributed by atoms with Crippen LogP contribution in [-0.2, 0) is 12.8 Å². The summed E-state index contributed by atoms with van der Waals surface area (Å²) in [5.41, 5.74) is 12.1. The first kappa shape index (κ1) is 30.9. The maximum Gasteiger partial charge on any atom is 0.145 e. The predicted octanol–water partition coefficient (Wildman–Crippen LogP) is 12.6. The van der Waals surface area contributed by atoms with Crippen LogP contribution in [-0.4, -0.2) is 14.5 Å². The Hall–Kier alpha value is -6.72. The lowest BCUT2D eigenvalue weighted by molar-refractivity contribution is 0.484. The fourth-order valence-electron chi connectivity index (χ4n) is 8.57. The molecule has 0 saturated carbocycles. The Morgan fingerprint density at radius 3 is 2.24 bits per heavy atom. The van der Waals surface area contributed by atoms with Crippen molar-refractivity contribution in [2.75, 3.05) is 0 Å². The summed E-state index contributed by atoms with van der Waals surface area (Å²) in [6.45, 7) is 4.23. The molecule has 5 heteroatoms. The van der Waals surface area contributed by atoms with Crippen molar-refractivity contribution >= 4 is 54.5 Å². The van der Waals surface area contributed by atoms with E-state index >= 15 is 0 Å². The predicted molar refractivity (Wildman–Crippen MR) is 219 cm³/mol. The summed E-state index contributed by atoms with van der Waals surface area (Å²) in [7, 11) is 0. The smallest absolute Gasteiger partial charge is 0.145 e. The van der Waals surface area contributed by atoms with Crippen LogP contribution >= 0.6 is 0 Å². The third kappa shape index (κ3) is 4.85. The van der Waals surface area contributed by atoms with Gasteiger partial charge >= 0.3 is 0 Å². The number of para-hydroxylation sites is 1. The standard InChI is InChI=1S/C49H35N3O2/c1-29-20-47(51-27-30(29)2)52-45-15-9-8-14-39(45)40-19-17-36(26-46(40)52)53-37-24-42-41-18-16-32-12-6-7-13-38(32)48(41)54-49(42)43(25-37)44-23-34-21-33(22-35(34)28-50-44)31-10-4-3-5-11-31/h3-20,23-28,33H,21-22H2,1-2H3. The van der Waals surface area contributed by atoms with E-state index in [0.29, 0.717) is 5.92 Å². The lowest BCUT2D eigenvalue weighted by Gasteiger charge is -2.12. The molecule has 1 aliphatic carbocycles. The number of rotatable bonds is 5. The monoisotopic (exact) mass is 697 g/mol. The third-order valence-corrected chi connectivity index (χ3v) is 11.5. The summed E-state index contributed by atoms with van der Waals surface area (Å²) < 4.78 is 15.9. The van der Waals surface area contributed by atoms with E-state index in [1.807, 2.05) is 6.20 Å². The molecule has 0 radical (unpaired) electrons. The number of aromatic nitrogens is 3. The number of aryl methyl sites for hydroxylation is 2. The quantitative estimate of drug-likeness (QED) is 0.180. The van der Waals surface area contributed by atoms with E-state index < -0.39 is 0 Å². The maximum absolute atomic E-state index is 6.86. The van der Waals surface area contributed by atoms with Crippen LogP contribution < -0.4 is 4.74 Å². The Bertz CT molecular complexity index is 3120. The van der Waals surface area contributed by atoms with E-state index in [1.54, 1.807) is 0 Å². The molecule has 1 aliphatic rings. The van der Waals surface area contributed by atoms with Gasteiger partial charge in [-0.1, -0.05) is 78.9 Å². The highest BCUT2D eigenvalue weighted by atomic mass is 16.5. The van der Waals surface area contributed by atoms with E-state index in [1.165, 1.54) is 33.2 Å². The number of nitrogens with zero attached hydrogens (tertiary/aromatic N) is 3. The van der Waals surface area contributed by atoms with Crippen LogP contribution in [0, 0.1) is 13.8 Å².